The normalized spacial score (nSPS) is 16.6. The van der Waals surface area contributed by atoms with E-state index in [1.165, 1.54) is 12.8 Å². The second-order valence-electron chi connectivity index (χ2n) is 5.21. The molecule has 3 N–H and O–H groups in total. The molecule has 0 saturated heterocycles. The van der Waals surface area contributed by atoms with E-state index in [0.29, 0.717) is 18.8 Å². The molecule has 5 nitrogen and oxygen atoms in total. The number of rotatable bonds is 6. The van der Waals surface area contributed by atoms with Crippen LogP contribution in [0.2, 0.25) is 0 Å². The number of carbonyl (C=O) groups is 1. The maximum Gasteiger partial charge on any atom is 0.269 e. The van der Waals surface area contributed by atoms with Gasteiger partial charge in [0.1, 0.15) is 5.69 Å². The molecule has 2 rings (SSSR count). The van der Waals surface area contributed by atoms with Crippen molar-refractivity contribution in [3.05, 3.63) is 17.5 Å². The van der Waals surface area contributed by atoms with Gasteiger partial charge >= 0.3 is 0 Å². The summed E-state index contributed by atoms with van der Waals surface area (Å²) in [6.45, 7) is 6.03. The van der Waals surface area contributed by atoms with E-state index in [1.807, 2.05) is 19.9 Å². The Morgan fingerprint density at radius 2 is 2.33 bits per heavy atom. The zero-order valence-corrected chi connectivity index (χ0v) is 11.2. The van der Waals surface area contributed by atoms with E-state index < -0.39 is 0 Å². The topological polar surface area (TPSA) is 72.9 Å². The second-order valence-corrected chi connectivity index (χ2v) is 5.21. The lowest BCUT2D eigenvalue weighted by molar-refractivity contribution is 0.0933. The third-order valence-corrected chi connectivity index (χ3v) is 3.69. The van der Waals surface area contributed by atoms with E-state index in [0.717, 1.165) is 18.7 Å². The molecule has 1 aliphatic carbocycles. The van der Waals surface area contributed by atoms with Gasteiger partial charge in [-0.15, -0.1) is 0 Å². The minimum absolute atomic E-state index is 0.0271. The zero-order chi connectivity index (χ0) is 13.2. The highest BCUT2D eigenvalue weighted by atomic mass is 16.2. The summed E-state index contributed by atoms with van der Waals surface area (Å²) < 4.78 is 1.74. The van der Waals surface area contributed by atoms with Gasteiger partial charge in [0.2, 0.25) is 0 Å². The molecule has 1 amide bonds. The predicted octanol–water partition coefficient (Wildman–Crippen LogP) is 1.07. The summed E-state index contributed by atoms with van der Waals surface area (Å²) in [5, 5.41) is 7.30. The number of nitrogens with two attached hydrogens (primary N) is 1. The van der Waals surface area contributed by atoms with Crippen LogP contribution >= 0.6 is 0 Å². The summed E-state index contributed by atoms with van der Waals surface area (Å²) in [6.07, 6.45) is 3.35. The minimum Gasteiger partial charge on any atom is -0.350 e. The third-order valence-electron chi connectivity index (χ3n) is 3.69. The number of hydrogen-bond donors (Lipinski definition) is 2. The fourth-order valence-electron chi connectivity index (χ4n) is 2.33. The van der Waals surface area contributed by atoms with Crippen LogP contribution in [0.25, 0.3) is 0 Å². The van der Waals surface area contributed by atoms with Crippen LogP contribution in [-0.2, 0) is 6.54 Å². The third kappa shape index (κ3) is 2.72. The van der Waals surface area contributed by atoms with Crippen molar-refractivity contribution in [3.8, 4) is 0 Å². The molecule has 5 heteroatoms. The molecule has 0 bridgehead atoms. The van der Waals surface area contributed by atoms with E-state index in [-0.39, 0.29) is 11.3 Å². The Labute approximate surface area is 108 Å². The predicted molar refractivity (Wildman–Crippen MR) is 70.3 cm³/mol. The zero-order valence-electron chi connectivity index (χ0n) is 11.2. The Bertz CT molecular complexity index is 434. The van der Waals surface area contributed by atoms with Crippen LogP contribution in [0, 0.1) is 12.3 Å². The van der Waals surface area contributed by atoms with Gasteiger partial charge in [-0.1, -0.05) is 0 Å². The highest BCUT2D eigenvalue weighted by molar-refractivity contribution is 5.92. The molecule has 1 aromatic heterocycles. The van der Waals surface area contributed by atoms with E-state index >= 15 is 0 Å². The van der Waals surface area contributed by atoms with Crippen molar-refractivity contribution in [1.29, 1.82) is 0 Å². The first kappa shape index (κ1) is 13.1. The van der Waals surface area contributed by atoms with Gasteiger partial charge in [-0.2, -0.15) is 5.10 Å². The number of aromatic nitrogens is 2. The van der Waals surface area contributed by atoms with Crippen molar-refractivity contribution in [2.45, 2.75) is 39.7 Å². The van der Waals surface area contributed by atoms with Crippen molar-refractivity contribution in [1.82, 2.24) is 15.1 Å². The van der Waals surface area contributed by atoms with Crippen LogP contribution in [0.3, 0.4) is 0 Å². The van der Waals surface area contributed by atoms with E-state index in [1.54, 1.807) is 4.68 Å². The van der Waals surface area contributed by atoms with Crippen LogP contribution in [0.15, 0.2) is 6.07 Å². The molecular weight excluding hydrogens is 228 g/mol. The van der Waals surface area contributed by atoms with Gasteiger partial charge in [0, 0.05) is 13.1 Å². The fraction of sp³-hybridized carbons (Fsp3) is 0.692. The summed E-state index contributed by atoms with van der Waals surface area (Å²) in [5.74, 6) is -0.0271. The minimum atomic E-state index is -0.0271. The van der Waals surface area contributed by atoms with E-state index in [4.69, 9.17) is 5.73 Å². The molecule has 0 aliphatic heterocycles. The lowest BCUT2D eigenvalue weighted by Crippen LogP contribution is -2.32. The van der Waals surface area contributed by atoms with Crippen molar-refractivity contribution < 1.29 is 4.79 Å². The average molecular weight is 250 g/mol. The summed E-state index contributed by atoms with van der Waals surface area (Å²) in [5.41, 5.74) is 7.40. The molecule has 1 fully saturated rings. The van der Waals surface area contributed by atoms with Crippen LogP contribution in [0.1, 0.15) is 42.4 Å². The largest absolute Gasteiger partial charge is 0.350 e. The van der Waals surface area contributed by atoms with Gasteiger partial charge in [-0.05, 0) is 51.1 Å². The Morgan fingerprint density at radius 1 is 1.61 bits per heavy atom. The summed E-state index contributed by atoms with van der Waals surface area (Å²) >= 11 is 0. The van der Waals surface area contributed by atoms with E-state index in [9.17, 15) is 4.79 Å². The number of aryl methyl sites for hydroxylation is 2. The molecule has 0 spiro atoms. The molecule has 100 valence electrons. The molecule has 1 saturated carbocycles. The van der Waals surface area contributed by atoms with Gasteiger partial charge in [0.25, 0.3) is 5.91 Å². The van der Waals surface area contributed by atoms with Crippen LogP contribution < -0.4 is 11.1 Å². The molecule has 0 radical (unpaired) electrons. The highest BCUT2D eigenvalue weighted by Gasteiger charge is 2.41. The number of nitrogens with one attached hydrogen (secondary N) is 1. The quantitative estimate of drug-likeness (QED) is 0.793. The number of amides is 1. The Kier molecular flexibility index (Phi) is 3.71. The van der Waals surface area contributed by atoms with Gasteiger partial charge in [0.15, 0.2) is 0 Å². The molecule has 0 unspecified atom stereocenters. The lowest BCUT2D eigenvalue weighted by atomic mass is 10.0. The molecule has 0 aromatic carbocycles. The highest BCUT2D eigenvalue weighted by Crippen LogP contribution is 2.47. The number of carbonyl (C=O) groups excluding carboxylic acids is 1. The summed E-state index contributed by atoms with van der Waals surface area (Å²) in [7, 11) is 0. The SMILES string of the molecule is CCn1nc(C)cc1C(=O)NCC1(CCN)CC1. The maximum atomic E-state index is 12.1. The fourth-order valence-corrected chi connectivity index (χ4v) is 2.33. The van der Waals surface area contributed by atoms with Crippen molar-refractivity contribution in [2.75, 3.05) is 13.1 Å². The molecule has 1 aromatic rings. The standard InChI is InChI=1S/C13H22N4O/c1-3-17-11(8-10(2)16-17)12(18)15-9-13(4-5-13)6-7-14/h8H,3-7,9,14H2,1-2H3,(H,15,18). The molecular formula is C13H22N4O. The summed E-state index contributed by atoms with van der Waals surface area (Å²) in [6, 6.07) is 1.83. The van der Waals surface area contributed by atoms with Crippen LogP contribution in [0.5, 0.6) is 0 Å². The Balaban J connectivity index is 1.95. The average Bonchev–Trinajstić information content (AvgIpc) is 3.01. The maximum absolute atomic E-state index is 12.1. The Hall–Kier alpha value is -1.36. The lowest BCUT2D eigenvalue weighted by Gasteiger charge is -2.14. The molecule has 1 aliphatic rings. The second kappa shape index (κ2) is 5.10. The molecule has 0 atom stereocenters. The Morgan fingerprint density at radius 3 is 2.89 bits per heavy atom. The number of nitrogens with zero attached hydrogens (tertiary/aromatic N) is 2. The first-order chi connectivity index (χ1) is 8.60. The number of hydrogen-bond acceptors (Lipinski definition) is 3. The van der Waals surface area contributed by atoms with Gasteiger partial charge < -0.3 is 11.1 Å². The van der Waals surface area contributed by atoms with Gasteiger partial charge in [-0.3, -0.25) is 9.48 Å². The van der Waals surface area contributed by atoms with Crippen molar-refractivity contribution in [3.63, 3.8) is 0 Å². The van der Waals surface area contributed by atoms with Crippen molar-refractivity contribution >= 4 is 5.91 Å². The first-order valence-corrected chi connectivity index (χ1v) is 6.63. The molecule has 18 heavy (non-hydrogen) atoms. The smallest absolute Gasteiger partial charge is 0.269 e. The van der Waals surface area contributed by atoms with Crippen LogP contribution in [-0.4, -0.2) is 28.8 Å². The van der Waals surface area contributed by atoms with Crippen LogP contribution in [0.4, 0.5) is 0 Å². The van der Waals surface area contributed by atoms with E-state index in [2.05, 4.69) is 10.4 Å². The summed E-state index contributed by atoms with van der Waals surface area (Å²) in [4.78, 5) is 12.1. The monoisotopic (exact) mass is 250 g/mol. The molecule has 1 heterocycles. The first-order valence-electron chi connectivity index (χ1n) is 6.63. The van der Waals surface area contributed by atoms with Crippen molar-refractivity contribution in [2.24, 2.45) is 11.1 Å². The van der Waals surface area contributed by atoms with Gasteiger partial charge in [-0.25, -0.2) is 0 Å². The van der Waals surface area contributed by atoms with Gasteiger partial charge in [0.05, 0.1) is 5.69 Å².